The van der Waals surface area contributed by atoms with Crippen LogP contribution in [0.3, 0.4) is 0 Å². The van der Waals surface area contributed by atoms with Crippen molar-refractivity contribution in [1.82, 2.24) is 4.90 Å². The van der Waals surface area contributed by atoms with Crippen LogP contribution in [0.1, 0.15) is 0 Å². The molecular weight excluding hydrogens is 174 g/mol. The fourth-order valence-corrected chi connectivity index (χ4v) is 0.936. The molecule has 0 fully saturated rings. The summed E-state index contributed by atoms with van der Waals surface area (Å²) < 4.78 is 9.65. The lowest BCUT2D eigenvalue weighted by atomic mass is 10.3. The van der Waals surface area contributed by atoms with Crippen molar-refractivity contribution in [3.8, 4) is 0 Å². The third-order valence-electron chi connectivity index (χ3n) is 1.79. The van der Waals surface area contributed by atoms with Crippen LogP contribution in [-0.2, 0) is 14.3 Å². The molecule has 1 N–H and O–H groups in total. The van der Waals surface area contributed by atoms with Gasteiger partial charge in [-0.2, -0.15) is 0 Å². The molecule has 0 aliphatic heterocycles. The van der Waals surface area contributed by atoms with E-state index in [9.17, 15) is 4.79 Å². The van der Waals surface area contributed by atoms with Gasteiger partial charge in [-0.1, -0.05) is 0 Å². The second-order valence-corrected chi connectivity index (χ2v) is 2.78. The topological polar surface area (TPSA) is 59.0 Å². The fourth-order valence-electron chi connectivity index (χ4n) is 0.936. The summed E-state index contributed by atoms with van der Waals surface area (Å²) in [6, 6.07) is -0.597. The van der Waals surface area contributed by atoms with Crippen LogP contribution < -0.4 is 0 Å². The third kappa shape index (κ3) is 4.82. The van der Waals surface area contributed by atoms with Crippen LogP contribution in [0.5, 0.6) is 0 Å². The molecule has 0 rings (SSSR count). The van der Waals surface area contributed by atoms with E-state index in [2.05, 4.69) is 0 Å². The molecule has 5 heteroatoms. The number of hydrogen-bond acceptors (Lipinski definition) is 4. The molecule has 0 aromatic heterocycles. The molecular formula is C8H17NO4. The lowest BCUT2D eigenvalue weighted by Gasteiger charge is -2.23. The van der Waals surface area contributed by atoms with Crippen molar-refractivity contribution >= 4 is 5.97 Å². The molecule has 0 heterocycles. The Morgan fingerprint density at radius 3 is 2.46 bits per heavy atom. The van der Waals surface area contributed by atoms with E-state index in [1.165, 1.54) is 7.11 Å². The van der Waals surface area contributed by atoms with Crippen LogP contribution in [0.25, 0.3) is 0 Å². The summed E-state index contributed by atoms with van der Waals surface area (Å²) in [6.07, 6.45) is 0. The summed E-state index contributed by atoms with van der Waals surface area (Å²) in [6.45, 7) is 1.29. The highest BCUT2D eigenvalue weighted by Gasteiger charge is 2.21. The van der Waals surface area contributed by atoms with Crippen molar-refractivity contribution in [3.05, 3.63) is 0 Å². The fraction of sp³-hybridized carbons (Fsp3) is 0.875. The van der Waals surface area contributed by atoms with E-state index in [4.69, 9.17) is 14.6 Å². The van der Waals surface area contributed by atoms with Crippen molar-refractivity contribution in [1.29, 1.82) is 0 Å². The average Bonchev–Trinajstić information content (AvgIpc) is 2.09. The first-order chi connectivity index (χ1) is 6.13. The zero-order valence-corrected chi connectivity index (χ0v) is 8.32. The summed E-state index contributed by atoms with van der Waals surface area (Å²) in [7, 11) is 4.80. The van der Waals surface area contributed by atoms with Gasteiger partial charge >= 0.3 is 5.97 Å². The van der Waals surface area contributed by atoms with E-state index in [0.29, 0.717) is 13.2 Å². The van der Waals surface area contributed by atoms with Crippen molar-refractivity contribution in [2.24, 2.45) is 0 Å². The van der Waals surface area contributed by atoms with Crippen molar-refractivity contribution in [2.45, 2.75) is 6.04 Å². The lowest BCUT2D eigenvalue weighted by Crippen LogP contribution is -2.43. The molecule has 0 spiro atoms. The number of carbonyl (C=O) groups is 1. The quantitative estimate of drug-likeness (QED) is 0.597. The Morgan fingerprint density at radius 1 is 1.46 bits per heavy atom. The molecule has 1 atom stereocenters. The zero-order chi connectivity index (χ0) is 10.3. The number of carboxylic acids is 1. The van der Waals surface area contributed by atoms with E-state index in [1.54, 1.807) is 19.1 Å². The van der Waals surface area contributed by atoms with Gasteiger partial charge in [0.25, 0.3) is 0 Å². The minimum absolute atomic E-state index is 0.190. The molecule has 0 saturated heterocycles. The molecule has 0 aliphatic rings. The molecule has 0 radical (unpaired) electrons. The van der Waals surface area contributed by atoms with E-state index >= 15 is 0 Å². The number of aliphatic carboxylic acids is 1. The first-order valence-electron chi connectivity index (χ1n) is 4.04. The van der Waals surface area contributed by atoms with Crippen LogP contribution in [0.15, 0.2) is 0 Å². The molecule has 1 unspecified atom stereocenters. The summed E-state index contributed by atoms with van der Waals surface area (Å²) in [5.74, 6) is -0.875. The van der Waals surface area contributed by atoms with E-state index in [-0.39, 0.29) is 6.61 Å². The van der Waals surface area contributed by atoms with E-state index < -0.39 is 12.0 Å². The summed E-state index contributed by atoms with van der Waals surface area (Å²) >= 11 is 0. The second kappa shape index (κ2) is 6.82. The van der Waals surface area contributed by atoms with Crippen LogP contribution >= 0.6 is 0 Å². The van der Waals surface area contributed by atoms with Gasteiger partial charge in [0.2, 0.25) is 0 Å². The highest BCUT2D eigenvalue weighted by atomic mass is 16.5. The SMILES string of the molecule is COCCN(C)C(COC)C(=O)O. The molecule has 5 nitrogen and oxygen atoms in total. The maximum absolute atomic E-state index is 10.7. The number of ether oxygens (including phenoxy) is 2. The smallest absolute Gasteiger partial charge is 0.323 e. The lowest BCUT2D eigenvalue weighted by molar-refractivity contribution is -0.144. The zero-order valence-electron chi connectivity index (χ0n) is 8.32. The summed E-state index contributed by atoms with van der Waals surface area (Å²) in [5.41, 5.74) is 0. The number of carboxylic acid groups (broad SMARTS) is 1. The Bertz CT molecular complexity index is 151. The Hall–Kier alpha value is -0.650. The van der Waals surface area contributed by atoms with Gasteiger partial charge in [-0.25, -0.2) is 0 Å². The molecule has 0 aliphatic carbocycles. The van der Waals surface area contributed by atoms with Crippen LogP contribution in [0.2, 0.25) is 0 Å². The standard InChI is InChI=1S/C8H17NO4/c1-9(4-5-12-2)7(6-13-3)8(10)11/h7H,4-6H2,1-3H3,(H,10,11). The molecule has 0 amide bonds. The maximum Gasteiger partial charge on any atom is 0.323 e. The van der Waals surface area contributed by atoms with Crippen LogP contribution in [-0.4, -0.2) is 63.0 Å². The van der Waals surface area contributed by atoms with Crippen LogP contribution in [0.4, 0.5) is 0 Å². The normalized spacial score (nSPS) is 13.2. The number of rotatable bonds is 7. The number of methoxy groups -OCH3 is 2. The first kappa shape index (κ1) is 12.3. The molecule has 0 bridgehead atoms. The first-order valence-corrected chi connectivity index (χ1v) is 4.04. The van der Waals surface area contributed by atoms with Gasteiger partial charge < -0.3 is 14.6 Å². The van der Waals surface area contributed by atoms with Gasteiger partial charge in [0, 0.05) is 20.8 Å². The number of hydrogen-bond donors (Lipinski definition) is 1. The average molecular weight is 191 g/mol. The number of nitrogens with zero attached hydrogens (tertiary/aromatic N) is 1. The predicted octanol–water partition coefficient (Wildman–Crippen LogP) is -0.336. The minimum atomic E-state index is -0.875. The van der Waals surface area contributed by atoms with Gasteiger partial charge in [0.15, 0.2) is 0 Å². The molecule has 78 valence electrons. The highest BCUT2D eigenvalue weighted by molar-refractivity contribution is 5.73. The summed E-state index contributed by atoms with van der Waals surface area (Å²) in [5, 5.41) is 8.81. The molecule has 13 heavy (non-hydrogen) atoms. The predicted molar refractivity (Wildman–Crippen MR) is 47.8 cm³/mol. The van der Waals surface area contributed by atoms with Crippen molar-refractivity contribution in [2.75, 3.05) is 41.0 Å². The third-order valence-corrected chi connectivity index (χ3v) is 1.79. The molecule has 0 aromatic rings. The monoisotopic (exact) mass is 191 g/mol. The minimum Gasteiger partial charge on any atom is -0.480 e. The Kier molecular flexibility index (Phi) is 6.48. The van der Waals surface area contributed by atoms with Gasteiger partial charge in [0.1, 0.15) is 6.04 Å². The largest absolute Gasteiger partial charge is 0.480 e. The maximum atomic E-state index is 10.7. The van der Waals surface area contributed by atoms with E-state index in [1.807, 2.05) is 0 Å². The molecule has 0 saturated carbocycles. The Balaban J connectivity index is 3.95. The number of likely N-dealkylation sites (N-methyl/N-ethyl adjacent to an activating group) is 1. The second-order valence-electron chi connectivity index (χ2n) is 2.78. The van der Waals surface area contributed by atoms with Crippen molar-refractivity contribution < 1.29 is 19.4 Å². The van der Waals surface area contributed by atoms with Gasteiger partial charge in [-0.3, -0.25) is 9.69 Å². The van der Waals surface area contributed by atoms with Gasteiger partial charge in [-0.15, -0.1) is 0 Å². The van der Waals surface area contributed by atoms with Gasteiger partial charge in [0.05, 0.1) is 13.2 Å². The van der Waals surface area contributed by atoms with E-state index in [0.717, 1.165) is 0 Å². The Morgan fingerprint density at radius 2 is 2.08 bits per heavy atom. The highest BCUT2D eigenvalue weighted by Crippen LogP contribution is 1.97. The van der Waals surface area contributed by atoms with Crippen LogP contribution in [0, 0.1) is 0 Å². The Labute approximate surface area is 78.2 Å². The van der Waals surface area contributed by atoms with Crippen molar-refractivity contribution in [3.63, 3.8) is 0 Å². The van der Waals surface area contributed by atoms with Gasteiger partial charge in [-0.05, 0) is 7.05 Å². The molecule has 0 aromatic carbocycles. The summed E-state index contributed by atoms with van der Waals surface area (Å²) in [4.78, 5) is 12.4.